The van der Waals surface area contributed by atoms with Gasteiger partial charge in [0.15, 0.2) is 0 Å². The van der Waals surface area contributed by atoms with E-state index in [2.05, 4.69) is 5.10 Å². The van der Waals surface area contributed by atoms with Crippen molar-refractivity contribution in [2.45, 2.75) is 0 Å². The fourth-order valence-electron chi connectivity index (χ4n) is 1.26. The lowest BCUT2D eigenvalue weighted by Gasteiger charge is -1.99. The van der Waals surface area contributed by atoms with Crippen LogP contribution in [0.5, 0.6) is 5.75 Å². The number of aromatic nitrogens is 2. The van der Waals surface area contributed by atoms with Gasteiger partial charge in [-0.15, -0.1) is 0 Å². The first-order valence-electron chi connectivity index (χ1n) is 4.15. The van der Waals surface area contributed by atoms with E-state index in [1.54, 1.807) is 42.2 Å². The van der Waals surface area contributed by atoms with E-state index in [0.29, 0.717) is 5.15 Å². The van der Waals surface area contributed by atoms with Gasteiger partial charge in [-0.1, -0.05) is 23.7 Å². The van der Waals surface area contributed by atoms with Crippen molar-refractivity contribution in [1.29, 1.82) is 0 Å². The minimum Gasteiger partial charge on any atom is -0.508 e. The molecule has 3 nitrogen and oxygen atoms in total. The smallest absolute Gasteiger partial charge is 0.134 e. The van der Waals surface area contributed by atoms with Crippen molar-refractivity contribution in [3.8, 4) is 16.9 Å². The van der Waals surface area contributed by atoms with Gasteiger partial charge in [-0.25, -0.2) is 0 Å². The monoisotopic (exact) mass is 208 g/mol. The molecule has 1 heterocycles. The van der Waals surface area contributed by atoms with E-state index in [4.69, 9.17) is 16.7 Å². The van der Waals surface area contributed by atoms with Crippen molar-refractivity contribution in [2.75, 3.05) is 0 Å². The van der Waals surface area contributed by atoms with E-state index < -0.39 is 0 Å². The number of phenols is 1. The molecule has 0 radical (unpaired) electrons. The van der Waals surface area contributed by atoms with Gasteiger partial charge in [0.1, 0.15) is 10.9 Å². The van der Waals surface area contributed by atoms with Gasteiger partial charge in [0.25, 0.3) is 0 Å². The Morgan fingerprint density at radius 2 is 1.93 bits per heavy atom. The molecule has 0 fully saturated rings. The molecule has 4 heteroatoms. The maximum atomic E-state index is 9.12. The molecule has 1 N–H and O–H groups in total. The molecule has 1 aromatic carbocycles. The normalized spacial score (nSPS) is 10.4. The molecule has 0 aliphatic carbocycles. The van der Waals surface area contributed by atoms with Gasteiger partial charge in [0, 0.05) is 12.6 Å². The summed E-state index contributed by atoms with van der Waals surface area (Å²) in [7, 11) is 1.78. The van der Waals surface area contributed by atoms with Crippen molar-refractivity contribution in [3.63, 3.8) is 0 Å². The zero-order valence-corrected chi connectivity index (χ0v) is 8.36. The summed E-state index contributed by atoms with van der Waals surface area (Å²) in [5.74, 6) is 0.244. The van der Waals surface area contributed by atoms with E-state index in [-0.39, 0.29) is 5.75 Å². The summed E-state index contributed by atoms with van der Waals surface area (Å²) in [5.41, 5.74) is 1.81. The molecule has 0 spiro atoms. The molecule has 0 atom stereocenters. The van der Waals surface area contributed by atoms with Crippen LogP contribution in [0.1, 0.15) is 0 Å². The first-order valence-corrected chi connectivity index (χ1v) is 4.53. The van der Waals surface area contributed by atoms with Gasteiger partial charge in [-0.05, 0) is 17.7 Å². The van der Waals surface area contributed by atoms with Gasteiger partial charge in [-0.2, -0.15) is 5.10 Å². The van der Waals surface area contributed by atoms with Gasteiger partial charge < -0.3 is 5.11 Å². The molecule has 2 rings (SSSR count). The molecule has 0 bridgehead atoms. The Bertz CT molecular complexity index is 448. The molecule has 1 aromatic heterocycles. The molecule has 0 aliphatic rings. The molecule has 14 heavy (non-hydrogen) atoms. The van der Waals surface area contributed by atoms with Crippen molar-refractivity contribution >= 4 is 11.6 Å². The summed E-state index contributed by atoms with van der Waals surface area (Å²) in [6.07, 6.45) is 1.70. The fourth-order valence-corrected chi connectivity index (χ4v) is 1.46. The molecule has 2 aromatic rings. The van der Waals surface area contributed by atoms with Gasteiger partial charge in [-0.3, -0.25) is 4.68 Å². The van der Waals surface area contributed by atoms with E-state index in [0.717, 1.165) is 11.1 Å². The van der Waals surface area contributed by atoms with Crippen LogP contribution in [-0.4, -0.2) is 14.9 Å². The predicted molar refractivity (Wildman–Crippen MR) is 55.3 cm³/mol. The largest absolute Gasteiger partial charge is 0.508 e. The van der Waals surface area contributed by atoms with Crippen molar-refractivity contribution in [2.24, 2.45) is 7.05 Å². The number of benzene rings is 1. The Morgan fingerprint density at radius 1 is 1.29 bits per heavy atom. The van der Waals surface area contributed by atoms with E-state index in [9.17, 15) is 0 Å². The fraction of sp³-hybridized carbons (Fsp3) is 0.100. The highest BCUT2D eigenvalue weighted by Crippen LogP contribution is 2.27. The van der Waals surface area contributed by atoms with Crippen LogP contribution in [0.25, 0.3) is 11.1 Å². The number of halogens is 1. The maximum absolute atomic E-state index is 9.12. The van der Waals surface area contributed by atoms with Gasteiger partial charge >= 0.3 is 0 Å². The van der Waals surface area contributed by atoms with E-state index >= 15 is 0 Å². The topological polar surface area (TPSA) is 38.0 Å². The minimum atomic E-state index is 0.244. The quantitative estimate of drug-likeness (QED) is 0.782. The minimum absolute atomic E-state index is 0.244. The molecule has 72 valence electrons. The Kier molecular flexibility index (Phi) is 2.17. The summed E-state index contributed by atoms with van der Waals surface area (Å²) in [6.45, 7) is 0. The zero-order valence-electron chi connectivity index (χ0n) is 7.61. The Labute approximate surface area is 86.6 Å². The van der Waals surface area contributed by atoms with Crippen molar-refractivity contribution in [1.82, 2.24) is 9.78 Å². The average Bonchev–Trinajstić information content (AvgIpc) is 2.50. The summed E-state index contributed by atoms with van der Waals surface area (Å²) in [6, 6.07) is 6.85. The van der Waals surface area contributed by atoms with Gasteiger partial charge in [0.05, 0.1) is 6.20 Å². The molecule has 0 unspecified atom stereocenters. The van der Waals surface area contributed by atoms with Crippen molar-refractivity contribution in [3.05, 3.63) is 35.6 Å². The molecule has 0 saturated heterocycles. The lowest BCUT2D eigenvalue weighted by atomic mass is 10.1. The van der Waals surface area contributed by atoms with Gasteiger partial charge in [0.2, 0.25) is 0 Å². The summed E-state index contributed by atoms with van der Waals surface area (Å²) < 4.78 is 1.60. The maximum Gasteiger partial charge on any atom is 0.134 e. The number of aromatic hydroxyl groups is 1. The third kappa shape index (κ3) is 1.46. The van der Waals surface area contributed by atoms with Crippen LogP contribution < -0.4 is 0 Å². The van der Waals surface area contributed by atoms with Crippen LogP contribution >= 0.6 is 11.6 Å². The Balaban J connectivity index is 2.49. The lowest BCUT2D eigenvalue weighted by Crippen LogP contribution is -1.88. The number of hydrogen-bond acceptors (Lipinski definition) is 2. The Morgan fingerprint density at radius 3 is 2.43 bits per heavy atom. The second-order valence-electron chi connectivity index (χ2n) is 3.02. The number of hydrogen-bond donors (Lipinski definition) is 1. The summed E-state index contributed by atoms with van der Waals surface area (Å²) in [4.78, 5) is 0. The summed E-state index contributed by atoms with van der Waals surface area (Å²) in [5, 5.41) is 13.8. The standard InChI is InChI=1S/C10H9ClN2O/c1-13-10(11)9(6-12-13)7-2-4-8(14)5-3-7/h2-6,14H,1H3. The zero-order chi connectivity index (χ0) is 10.1. The number of aryl methyl sites for hydroxylation is 1. The SMILES string of the molecule is Cn1ncc(-c2ccc(O)cc2)c1Cl. The molecule has 0 aliphatic heterocycles. The first-order chi connectivity index (χ1) is 6.68. The van der Waals surface area contributed by atoms with E-state index in [1.807, 2.05) is 0 Å². The Hall–Kier alpha value is -1.48. The van der Waals surface area contributed by atoms with Crippen LogP contribution in [0.15, 0.2) is 30.5 Å². The number of rotatable bonds is 1. The number of nitrogens with zero attached hydrogens (tertiary/aromatic N) is 2. The van der Waals surface area contributed by atoms with E-state index in [1.165, 1.54) is 0 Å². The van der Waals surface area contributed by atoms with Crippen molar-refractivity contribution < 1.29 is 5.11 Å². The first kappa shape index (κ1) is 9.09. The average molecular weight is 209 g/mol. The third-order valence-electron chi connectivity index (χ3n) is 2.04. The molecule has 0 saturated carbocycles. The lowest BCUT2D eigenvalue weighted by molar-refractivity contribution is 0.475. The van der Waals surface area contributed by atoms with Crippen LogP contribution in [0.2, 0.25) is 5.15 Å². The molecular weight excluding hydrogens is 200 g/mol. The van der Waals surface area contributed by atoms with Crippen LogP contribution in [0.3, 0.4) is 0 Å². The van der Waals surface area contributed by atoms with Crippen LogP contribution in [-0.2, 0) is 7.05 Å². The highest BCUT2D eigenvalue weighted by atomic mass is 35.5. The third-order valence-corrected chi connectivity index (χ3v) is 2.49. The highest BCUT2D eigenvalue weighted by molar-refractivity contribution is 6.32. The molecular formula is C10H9ClN2O. The van der Waals surface area contributed by atoms with Crippen LogP contribution in [0.4, 0.5) is 0 Å². The highest BCUT2D eigenvalue weighted by Gasteiger charge is 2.07. The number of phenolic OH excluding ortho intramolecular Hbond substituents is 1. The second kappa shape index (κ2) is 3.35. The summed E-state index contributed by atoms with van der Waals surface area (Å²) >= 11 is 6.02. The molecule has 0 amide bonds. The second-order valence-corrected chi connectivity index (χ2v) is 3.38. The van der Waals surface area contributed by atoms with Crippen LogP contribution in [0, 0.1) is 0 Å². The predicted octanol–water partition coefficient (Wildman–Crippen LogP) is 2.45.